The molecule has 2 fully saturated rings. The largest absolute Gasteiger partial charge is 0.300 e. The van der Waals surface area contributed by atoms with Crippen molar-refractivity contribution in [2.24, 2.45) is 0 Å². The third-order valence-corrected chi connectivity index (χ3v) is 4.42. The molecule has 86 valence electrons. The predicted molar refractivity (Wildman–Crippen MR) is 62.9 cm³/mol. The average Bonchev–Trinajstić information content (AvgIpc) is 2.51. The Labute approximate surface area is 96.3 Å². The number of hydrogen-bond acceptors (Lipinski definition) is 1. The zero-order valence-corrected chi connectivity index (χ0v) is 9.70. The minimum atomic E-state index is -0.127. The fourth-order valence-electron chi connectivity index (χ4n) is 3.53. The van der Waals surface area contributed by atoms with E-state index >= 15 is 0 Å². The van der Waals surface area contributed by atoms with Crippen LogP contribution >= 0.6 is 0 Å². The van der Waals surface area contributed by atoms with Crippen LogP contribution in [0.3, 0.4) is 0 Å². The van der Waals surface area contributed by atoms with Crippen molar-refractivity contribution in [2.45, 2.75) is 43.7 Å². The third-order valence-electron chi connectivity index (χ3n) is 4.42. The molecule has 0 saturated carbocycles. The normalized spacial score (nSPS) is 34.2. The summed E-state index contributed by atoms with van der Waals surface area (Å²) < 4.78 is 12.9. The Morgan fingerprint density at radius 1 is 1.19 bits per heavy atom. The molecule has 1 unspecified atom stereocenters. The van der Waals surface area contributed by atoms with Crippen LogP contribution in [0.25, 0.3) is 0 Å². The maximum absolute atomic E-state index is 12.9. The summed E-state index contributed by atoms with van der Waals surface area (Å²) >= 11 is 0. The Bertz CT molecular complexity index is 373. The number of halogens is 1. The Kier molecular flexibility index (Phi) is 2.47. The molecule has 1 nitrogen and oxygen atoms in total. The second-order valence-corrected chi connectivity index (χ2v) is 5.21. The highest BCUT2D eigenvalue weighted by Crippen LogP contribution is 2.43. The Balaban J connectivity index is 1.88. The first kappa shape index (κ1) is 10.3. The second-order valence-electron chi connectivity index (χ2n) is 5.21. The number of hydrogen-bond donors (Lipinski definition) is 0. The van der Waals surface area contributed by atoms with E-state index in [-0.39, 0.29) is 5.82 Å². The number of rotatable bonds is 1. The van der Waals surface area contributed by atoms with E-state index in [2.05, 4.69) is 11.9 Å². The summed E-state index contributed by atoms with van der Waals surface area (Å²) in [6.45, 7) is 0. The lowest BCUT2D eigenvalue weighted by atomic mass is 9.90. The third kappa shape index (κ3) is 1.56. The molecule has 2 heteroatoms. The molecule has 1 aromatic carbocycles. The Hall–Kier alpha value is -0.890. The lowest BCUT2D eigenvalue weighted by Gasteiger charge is -2.32. The van der Waals surface area contributed by atoms with E-state index in [1.807, 2.05) is 12.1 Å². The van der Waals surface area contributed by atoms with Gasteiger partial charge in [0.25, 0.3) is 0 Å². The first-order valence-electron chi connectivity index (χ1n) is 6.23. The molecular formula is C14H18FN. The summed E-state index contributed by atoms with van der Waals surface area (Å²) in [5.74, 6) is 0.496. The number of benzene rings is 1. The van der Waals surface area contributed by atoms with Crippen molar-refractivity contribution in [1.29, 1.82) is 0 Å². The van der Waals surface area contributed by atoms with Gasteiger partial charge in [0, 0.05) is 18.0 Å². The highest BCUT2D eigenvalue weighted by molar-refractivity contribution is 5.25. The van der Waals surface area contributed by atoms with Crippen LogP contribution < -0.4 is 0 Å². The quantitative estimate of drug-likeness (QED) is 0.701. The van der Waals surface area contributed by atoms with E-state index in [0.717, 1.165) is 6.04 Å². The summed E-state index contributed by atoms with van der Waals surface area (Å²) in [4.78, 5) is 2.54. The number of piperidine rings is 1. The molecule has 0 amide bonds. The van der Waals surface area contributed by atoms with E-state index in [9.17, 15) is 4.39 Å². The van der Waals surface area contributed by atoms with Gasteiger partial charge in [0.15, 0.2) is 0 Å². The molecule has 0 radical (unpaired) electrons. The fraction of sp³-hybridized carbons (Fsp3) is 0.571. The van der Waals surface area contributed by atoms with Crippen LogP contribution in [-0.4, -0.2) is 24.0 Å². The lowest BCUT2D eigenvalue weighted by Crippen LogP contribution is -2.37. The van der Waals surface area contributed by atoms with Crippen LogP contribution in [0.15, 0.2) is 24.3 Å². The van der Waals surface area contributed by atoms with Crippen LogP contribution in [-0.2, 0) is 0 Å². The summed E-state index contributed by atoms with van der Waals surface area (Å²) in [6.07, 6.45) is 5.25. The summed E-state index contributed by atoms with van der Waals surface area (Å²) in [5.41, 5.74) is 1.32. The molecule has 0 aliphatic carbocycles. The Morgan fingerprint density at radius 3 is 2.62 bits per heavy atom. The van der Waals surface area contributed by atoms with Crippen molar-refractivity contribution in [3.63, 3.8) is 0 Å². The molecule has 16 heavy (non-hydrogen) atoms. The molecule has 2 heterocycles. The summed E-state index contributed by atoms with van der Waals surface area (Å²) in [6, 6.07) is 8.57. The van der Waals surface area contributed by atoms with Crippen LogP contribution in [0.5, 0.6) is 0 Å². The molecular weight excluding hydrogens is 201 g/mol. The zero-order chi connectivity index (χ0) is 11.1. The minimum absolute atomic E-state index is 0.127. The number of likely N-dealkylation sites (N-methyl/N-ethyl adjacent to an activating group) is 1. The SMILES string of the molecule is CN1[C@@H]2CCC[C@H]1C(c1ccc(F)cc1)C2. The molecule has 3 rings (SSSR count). The molecule has 2 saturated heterocycles. The van der Waals surface area contributed by atoms with Gasteiger partial charge in [-0.3, -0.25) is 4.90 Å². The van der Waals surface area contributed by atoms with E-state index in [1.165, 1.54) is 31.2 Å². The molecule has 0 aromatic heterocycles. The highest BCUT2D eigenvalue weighted by Gasteiger charge is 2.41. The first-order valence-corrected chi connectivity index (χ1v) is 6.23. The molecule has 0 N–H and O–H groups in total. The van der Waals surface area contributed by atoms with Gasteiger partial charge in [-0.15, -0.1) is 0 Å². The maximum Gasteiger partial charge on any atom is 0.123 e. The molecule has 2 bridgehead atoms. The van der Waals surface area contributed by atoms with E-state index in [4.69, 9.17) is 0 Å². The Morgan fingerprint density at radius 2 is 1.94 bits per heavy atom. The van der Waals surface area contributed by atoms with E-state index in [0.29, 0.717) is 12.0 Å². The molecule has 1 aromatic rings. The lowest BCUT2D eigenvalue weighted by molar-refractivity contribution is 0.174. The standard InChI is InChI=1S/C14H18FN/c1-16-12-3-2-4-14(16)13(9-12)10-5-7-11(15)8-6-10/h5-8,12-14H,2-4,9H2,1H3/t12-,13?,14+/m1/s1. The van der Waals surface area contributed by atoms with Gasteiger partial charge in [0.1, 0.15) is 5.82 Å². The molecule has 3 atom stereocenters. The van der Waals surface area contributed by atoms with Crippen molar-refractivity contribution in [3.8, 4) is 0 Å². The topological polar surface area (TPSA) is 3.24 Å². The fourth-order valence-corrected chi connectivity index (χ4v) is 3.53. The molecule has 2 aliphatic heterocycles. The monoisotopic (exact) mass is 219 g/mol. The van der Waals surface area contributed by atoms with Gasteiger partial charge in [-0.2, -0.15) is 0 Å². The van der Waals surface area contributed by atoms with Crippen LogP contribution in [0.1, 0.15) is 37.2 Å². The van der Waals surface area contributed by atoms with Gasteiger partial charge in [-0.1, -0.05) is 18.6 Å². The summed E-state index contributed by atoms with van der Waals surface area (Å²) in [7, 11) is 2.25. The summed E-state index contributed by atoms with van der Waals surface area (Å²) in [5, 5.41) is 0. The zero-order valence-electron chi connectivity index (χ0n) is 9.70. The van der Waals surface area contributed by atoms with Crippen molar-refractivity contribution in [2.75, 3.05) is 7.05 Å². The molecule has 0 spiro atoms. The molecule has 2 aliphatic rings. The van der Waals surface area contributed by atoms with Gasteiger partial charge in [0.05, 0.1) is 0 Å². The van der Waals surface area contributed by atoms with Crippen molar-refractivity contribution < 1.29 is 4.39 Å². The van der Waals surface area contributed by atoms with Crippen LogP contribution in [0.4, 0.5) is 4.39 Å². The number of fused-ring (bicyclic) bond motifs is 2. The smallest absolute Gasteiger partial charge is 0.123 e. The maximum atomic E-state index is 12.9. The highest BCUT2D eigenvalue weighted by atomic mass is 19.1. The van der Waals surface area contributed by atoms with Gasteiger partial charge >= 0.3 is 0 Å². The van der Waals surface area contributed by atoms with E-state index in [1.54, 1.807) is 12.1 Å². The first-order chi connectivity index (χ1) is 7.75. The van der Waals surface area contributed by atoms with Gasteiger partial charge in [-0.25, -0.2) is 4.39 Å². The number of nitrogens with zero attached hydrogens (tertiary/aromatic N) is 1. The van der Waals surface area contributed by atoms with Crippen molar-refractivity contribution in [3.05, 3.63) is 35.6 Å². The van der Waals surface area contributed by atoms with Gasteiger partial charge < -0.3 is 0 Å². The average molecular weight is 219 g/mol. The van der Waals surface area contributed by atoms with Gasteiger partial charge in [-0.05, 0) is 44.0 Å². The second kappa shape index (κ2) is 3.85. The van der Waals surface area contributed by atoms with Crippen LogP contribution in [0.2, 0.25) is 0 Å². The van der Waals surface area contributed by atoms with E-state index < -0.39 is 0 Å². The minimum Gasteiger partial charge on any atom is -0.300 e. The predicted octanol–water partition coefficient (Wildman–Crippen LogP) is 3.17. The van der Waals surface area contributed by atoms with Crippen LogP contribution in [0, 0.1) is 5.82 Å². The van der Waals surface area contributed by atoms with Crippen molar-refractivity contribution >= 4 is 0 Å². The van der Waals surface area contributed by atoms with Crippen molar-refractivity contribution in [1.82, 2.24) is 4.90 Å². The van der Waals surface area contributed by atoms with Gasteiger partial charge in [0.2, 0.25) is 0 Å².